The number of nitrogens with zero attached hydrogens (tertiary/aromatic N) is 2. The number of imide groups is 1. The minimum Gasteiger partial charge on any atom is -0.334 e. The summed E-state index contributed by atoms with van der Waals surface area (Å²) in [4.78, 5) is 28.8. The van der Waals surface area contributed by atoms with Crippen LogP contribution in [-0.2, 0) is 14.6 Å². The first kappa shape index (κ1) is 23.4. The molecule has 2 N–H and O–H groups in total. The van der Waals surface area contributed by atoms with Crippen LogP contribution in [0.15, 0.2) is 60.7 Å². The van der Waals surface area contributed by atoms with Gasteiger partial charge in [0.2, 0.25) is 5.91 Å². The number of amides is 3. The van der Waals surface area contributed by atoms with E-state index in [2.05, 4.69) is 64.1 Å². The van der Waals surface area contributed by atoms with Crippen LogP contribution in [0.4, 0.5) is 4.79 Å². The second kappa shape index (κ2) is 10.5. The van der Waals surface area contributed by atoms with Gasteiger partial charge in [-0.2, -0.15) is 0 Å². The molecule has 2 heterocycles. The summed E-state index contributed by atoms with van der Waals surface area (Å²) in [5.74, 6) is -0.381. The van der Waals surface area contributed by atoms with E-state index in [-0.39, 0.29) is 30.0 Å². The number of urea groups is 1. The first-order chi connectivity index (χ1) is 15.9. The van der Waals surface area contributed by atoms with Crippen molar-refractivity contribution in [1.82, 2.24) is 20.4 Å². The molecule has 0 aromatic heterocycles. The smallest absolute Gasteiger partial charge is 0.321 e. The van der Waals surface area contributed by atoms with Crippen molar-refractivity contribution in [3.05, 3.63) is 71.8 Å². The molecular formula is C24H30N4O4S. The van der Waals surface area contributed by atoms with E-state index in [0.717, 1.165) is 13.1 Å². The van der Waals surface area contributed by atoms with Crippen molar-refractivity contribution >= 4 is 21.8 Å². The van der Waals surface area contributed by atoms with E-state index in [9.17, 15) is 18.0 Å². The van der Waals surface area contributed by atoms with Crippen molar-refractivity contribution in [2.75, 3.05) is 44.2 Å². The number of carbonyl (C=O) groups excluding carboxylic acids is 2. The number of hydrogen-bond donors (Lipinski definition) is 2. The second-order valence-corrected chi connectivity index (χ2v) is 10.9. The molecule has 0 aliphatic carbocycles. The van der Waals surface area contributed by atoms with Crippen LogP contribution in [0, 0.1) is 0 Å². The van der Waals surface area contributed by atoms with E-state index in [1.807, 2.05) is 17.0 Å². The standard InChI is InChI=1S/C24H30N4O4S/c29-22(26-24(30)25-21-11-16-33(31,32)18-21)17-27-12-14-28(15-13-27)23(19-7-3-1-4-8-19)20-9-5-2-6-10-20/h1-10,21,23H,11-18H2,(H2,25,26,29,30)/t21-/m1/s1. The highest BCUT2D eigenvalue weighted by molar-refractivity contribution is 7.91. The number of nitrogens with one attached hydrogen (secondary N) is 2. The van der Waals surface area contributed by atoms with Crippen LogP contribution in [0.5, 0.6) is 0 Å². The Kier molecular flexibility index (Phi) is 7.42. The molecule has 0 unspecified atom stereocenters. The van der Waals surface area contributed by atoms with Crippen LogP contribution in [0.1, 0.15) is 23.6 Å². The number of carbonyl (C=O) groups is 2. The molecule has 9 heteroatoms. The summed E-state index contributed by atoms with van der Waals surface area (Å²) in [6, 6.07) is 19.9. The van der Waals surface area contributed by atoms with Gasteiger partial charge in [-0.15, -0.1) is 0 Å². The van der Waals surface area contributed by atoms with Gasteiger partial charge in [0.15, 0.2) is 9.84 Å². The third-order valence-electron chi connectivity index (χ3n) is 6.19. The van der Waals surface area contributed by atoms with Crippen molar-refractivity contribution < 1.29 is 18.0 Å². The fraction of sp³-hybridized carbons (Fsp3) is 0.417. The van der Waals surface area contributed by atoms with Crippen LogP contribution in [0.25, 0.3) is 0 Å². The summed E-state index contributed by atoms with van der Waals surface area (Å²) in [7, 11) is -3.09. The lowest BCUT2D eigenvalue weighted by Gasteiger charge is -2.39. The molecule has 2 aliphatic heterocycles. The van der Waals surface area contributed by atoms with Gasteiger partial charge in [0.1, 0.15) is 0 Å². The van der Waals surface area contributed by atoms with Crippen LogP contribution in [0.2, 0.25) is 0 Å². The predicted molar refractivity (Wildman–Crippen MR) is 126 cm³/mol. The molecule has 2 aromatic rings. The minimum absolute atomic E-state index is 0.0689. The second-order valence-electron chi connectivity index (χ2n) is 8.66. The molecule has 2 aromatic carbocycles. The van der Waals surface area contributed by atoms with Crippen molar-refractivity contribution in [2.24, 2.45) is 0 Å². The number of hydrogen-bond acceptors (Lipinski definition) is 6. The molecule has 0 bridgehead atoms. The molecule has 8 nitrogen and oxygen atoms in total. The Morgan fingerprint density at radius 2 is 1.48 bits per heavy atom. The third-order valence-corrected chi connectivity index (χ3v) is 7.96. The van der Waals surface area contributed by atoms with Gasteiger partial charge in [-0.05, 0) is 17.5 Å². The summed E-state index contributed by atoms with van der Waals surface area (Å²) < 4.78 is 23.0. The highest BCUT2D eigenvalue weighted by Gasteiger charge is 2.30. The molecule has 33 heavy (non-hydrogen) atoms. The number of benzene rings is 2. The Balaban J connectivity index is 1.29. The van der Waals surface area contributed by atoms with Crippen LogP contribution < -0.4 is 10.6 Å². The molecule has 2 saturated heterocycles. The first-order valence-electron chi connectivity index (χ1n) is 11.3. The van der Waals surface area contributed by atoms with Crippen molar-refractivity contribution in [2.45, 2.75) is 18.5 Å². The van der Waals surface area contributed by atoms with Gasteiger partial charge in [-0.1, -0.05) is 60.7 Å². The van der Waals surface area contributed by atoms with Gasteiger partial charge in [-0.25, -0.2) is 13.2 Å². The maximum absolute atomic E-state index is 12.3. The zero-order valence-electron chi connectivity index (χ0n) is 18.5. The highest BCUT2D eigenvalue weighted by Crippen LogP contribution is 2.29. The normalized spacial score (nSPS) is 21.1. The lowest BCUT2D eigenvalue weighted by molar-refractivity contribution is -0.121. The van der Waals surface area contributed by atoms with Crippen molar-refractivity contribution in [1.29, 1.82) is 0 Å². The van der Waals surface area contributed by atoms with Gasteiger partial charge in [-0.3, -0.25) is 19.9 Å². The molecular weight excluding hydrogens is 440 g/mol. The Bertz CT molecular complexity index is 1010. The summed E-state index contributed by atoms with van der Waals surface area (Å²) >= 11 is 0. The predicted octanol–water partition coefficient (Wildman–Crippen LogP) is 1.41. The van der Waals surface area contributed by atoms with E-state index in [1.54, 1.807) is 0 Å². The Hall–Kier alpha value is -2.75. The molecule has 2 fully saturated rings. The maximum atomic E-state index is 12.3. The van der Waals surface area contributed by atoms with Gasteiger partial charge in [0, 0.05) is 32.2 Å². The minimum atomic E-state index is -3.09. The Morgan fingerprint density at radius 1 is 0.909 bits per heavy atom. The lowest BCUT2D eigenvalue weighted by Crippen LogP contribution is -2.52. The summed E-state index contributed by atoms with van der Waals surface area (Å²) in [6.45, 7) is 3.16. The number of piperazine rings is 1. The van der Waals surface area contributed by atoms with Gasteiger partial charge < -0.3 is 5.32 Å². The summed E-state index contributed by atoms with van der Waals surface area (Å²) in [6.07, 6.45) is 0.385. The molecule has 2 aliphatic rings. The van der Waals surface area contributed by atoms with Gasteiger partial charge in [0.25, 0.3) is 0 Å². The molecule has 1 atom stereocenters. The fourth-order valence-electron chi connectivity index (χ4n) is 4.56. The topological polar surface area (TPSA) is 98.8 Å². The van der Waals surface area contributed by atoms with Crippen LogP contribution in [0.3, 0.4) is 0 Å². The van der Waals surface area contributed by atoms with Gasteiger partial charge in [0.05, 0.1) is 24.1 Å². The quantitative estimate of drug-likeness (QED) is 0.662. The van der Waals surface area contributed by atoms with E-state index in [0.29, 0.717) is 19.5 Å². The Morgan fingerprint density at radius 3 is 2.00 bits per heavy atom. The molecule has 0 spiro atoms. The number of sulfone groups is 1. The average Bonchev–Trinajstić information content (AvgIpc) is 3.14. The monoisotopic (exact) mass is 470 g/mol. The van der Waals surface area contributed by atoms with E-state index in [4.69, 9.17) is 0 Å². The van der Waals surface area contributed by atoms with Crippen molar-refractivity contribution in [3.63, 3.8) is 0 Å². The summed E-state index contributed by atoms with van der Waals surface area (Å²) in [5.41, 5.74) is 2.47. The largest absolute Gasteiger partial charge is 0.334 e. The van der Waals surface area contributed by atoms with Crippen LogP contribution >= 0.6 is 0 Å². The molecule has 3 amide bonds. The molecule has 4 rings (SSSR count). The van der Waals surface area contributed by atoms with E-state index < -0.39 is 21.9 Å². The third kappa shape index (κ3) is 6.40. The van der Waals surface area contributed by atoms with E-state index >= 15 is 0 Å². The Labute approximate surface area is 194 Å². The van der Waals surface area contributed by atoms with Crippen LogP contribution in [-0.4, -0.2) is 80.4 Å². The number of rotatable bonds is 6. The van der Waals surface area contributed by atoms with Gasteiger partial charge >= 0.3 is 6.03 Å². The molecule has 176 valence electrons. The lowest BCUT2D eigenvalue weighted by atomic mass is 9.96. The zero-order valence-corrected chi connectivity index (χ0v) is 19.3. The highest BCUT2D eigenvalue weighted by atomic mass is 32.2. The average molecular weight is 471 g/mol. The summed E-state index contributed by atoms with van der Waals surface area (Å²) in [5, 5.41) is 4.91. The first-order valence-corrected chi connectivity index (χ1v) is 13.1. The molecule has 0 radical (unpaired) electrons. The zero-order chi connectivity index (χ0) is 23.3. The SMILES string of the molecule is O=C(CN1CCN(C(c2ccccc2)c2ccccc2)CC1)NC(=O)N[C@@H]1CCS(=O)(=O)C1. The molecule has 0 saturated carbocycles. The fourth-order valence-corrected chi connectivity index (χ4v) is 6.24. The van der Waals surface area contributed by atoms with Crippen molar-refractivity contribution in [3.8, 4) is 0 Å². The maximum Gasteiger partial charge on any atom is 0.321 e. The van der Waals surface area contributed by atoms with E-state index in [1.165, 1.54) is 11.1 Å².